The van der Waals surface area contributed by atoms with E-state index in [1.54, 1.807) is 17.8 Å². The maximum atomic E-state index is 13.7. The highest BCUT2D eigenvalue weighted by atomic mass is 32.2. The minimum absolute atomic E-state index is 0.260. The summed E-state index contributed by atoms with van der Waals surface area (Å²) >= 11 is 1.56. The average Bonchev–Trinajstić information content (AvgIpc) is 2.92. The molecule has 1 aliphatic carbocycles. The van der Waals surface area contributed by atoms with Crippen LogP contribution in [0.5, 0.6) is 5.75 Å². The number of halogens is 1. The molecule has 0 amide bonds. The van der Waals surface area contributed by atoms with Crippen LogP contribution in [-0.4, -0.2) is 6.61 Å². The molecule has 2 aromatic carbocycles. The highest BCUT2D eigenvalue weighted by Crippen LogP contribution is 2.37. The van der Waals surface area contributed by atoms with Gasteiger partial charge in [-0.15, -0.1) is 0 Å². The number of nitrogen functional groups attached to an aromatic ring is 1. The third-order valence-electron chi connectivity index (χ3n) is 3.66. The summed E-state index contributed by atoms with van der Waals surface area (Å²) in [5.41, 5.74) is 9.24. The van der Waals surface area contributed by atoms with E-state index in [1.807, 2.05) is 6.92 Å². The Bertz CT molecular complexity index is 672. The number of nitrogens with two attached hydrogens (primary N) is 1. The van der Waals surface area contributed by atoms with Crippen molar-refractivity contribution in [1.29, 1.82) is 0 Å². The van der Waals surface area contributed by atoms with Crippen molar-refractivity contribution < 1.29 is 9.13 Å². The molecule has 0 fully saturated rings. The van der Waals surface area contributed by atoms with E-state index in [9.17, 15) is 4.39 Å². The van der Waals surface area contributed by atoms with Crippen LogP contribution in [0.15, 0.2) is 40.1 Å². The van der Waals surface area contributed by atoms with E-state index in [-0.39, 0.29) is 5.75 Å². The maximum Gasteiger partial charge on any atom is 0.167 e. The van der Waals surface area contributed by atoms with Crippen molar-refractivity contribution >= 4 is 17.4 Å². The first-order valence-corrected chi connectivity index (χ1v) is 8.00. The maximum absolute atomic E-state index is 13.7. The lowest BCUT2D eigenvalue weighted by atomic mass is 10.1. The lowest BCUT2D eigenvalue weighted by molar-refractivity contribution is 0.321. The van der Waals surface area contributed by atoms with Gasteiger partial charge in [0.25, 0.3) is 0 Å². The third-order valence-corrected chi connectivity index (χ3v) is 4.73. The summed E-state index contributed by atoms with van der Waals surface area (Å²) in [4.78, 5) is 1.97. The van der Waals surface area contributed by atoms with E-state index >= 15 is 0 Å². The van der Waals surface area contributed by atoms with Gasteiger partial charge >= 0.3 is 0 Å². The summed E-state index contributed by atoms with van der Waals surface area (Å²) in [7, 11) is 0. The molecule has 2 N–H and O–H groups in total. The Kier molecular flexibility index (Phi) is 4.06. The topological polar surface area (TPSA) is 35.2 Å². The number of hydrogen-bond donors (Lipinski definition) is 1. The Balaban J connectivity index is 1.88. The van der Waals surface area contributed by atoms with Gasteiger partial charge in [0.2, 0.25) is 0 Å². The molecule has 0 atom stereocenters. The molecule has 0 heterocycles. The first-order chi connectivity index (χ1) is 10.2. The van der Waals surface area contributed by atoms with Crippen LogP contribution in [-0.2, 0) is 12.8 Å². The molecule has 0 saturated heterocycles. The summed E-state index contributed by atoms with van der Waals surface area (Å²) in [6.45, 7) is 2.27. The summed E-state index contributed by atoms with van der Waals surface area (Å²) in [5.74, 6) is -0.150. The molecule has 4 heteroatoms. The Morgan fingerprint density at radius 1 is 1.19 bits per heavy atom. The second-order valence-corrected chi connectivity index (χ2v) is 6.25. The molecular weight excluding hydrogens is 285 g/mol. The van der Waals surface area contributed by atoms with Gasteiger partial charge in [0.1, 0.15) is 0 Å². The molecule has 0 spiro atoms. The van der Waals surface area contributed by atoms with Crippen molar-refractivity contribution in [2.45, 2.75) is 36.0 Å². The number of hydrogen-bond acceptors (Lipinski definition) is 3. The van der Waals surface area contributed by atoms with Crippen molar-refractivity contribution in [1.82, 2.24) is 0 Å². The summed E-state index contributed by atoms with van der Waals surface area (Å²) in [5, 5.41) is 0. The number of aryl methyl sites for hydroxylation is 2. The molecular formula is C17H18FNOS. The summed E-state index contributed by atoms with van der Waals surface area (Å²) in [6.07, 6.45) is 3.55. The molecule has 0 unspecified atom stereocenters. The van der Waals surface area contributed by atoms with Crippen molar-refractivity contribution in [2.75, 3.05) is 12.3 Å². The van der Waals surface area contributed by atoms with Gasteiger partial charge in [-0.1, -0.05) is 17.8 Å². The number of ether oxygens (including phenoxy) is 1. The Hall–Kier alpha value is -1.68. The van der Waals surface area contributed by atoms with Crippen LogP contribution in [0.1, 0.15) is 24.5 Å². The van der Waals surface area contributed by atoms with Crippen LogP contribution in [0.2, 0.25) is 0 Å². The van der Waals surface area contributed by atoms with Crippen LogP contribution in [0, 0.1) is 5.82 Å². The van der Waals surface area contributed by atoms with Gasteiger partial charge in [0, 0.05) is 21.5 Å². The first-order valence-electron chi connectivity index (χ1n) is 7.19. The van der Waals surface area contributed by atoms with Gasteiger partial charge in [-0.2, -0.15) is 0 Å². The highest BCUT2D eigenvalue weighted by Gasteiger charge is 2.13. The predicted octanol–water partition coefficient (Wildman–Crippen LogP) is 4.45. The zero-order valence-corrected chi connectivity index (χ0v) is 12.8. The van der Waals surface area contributed by atoms with Crippen LogP contribution >= 0.6 is 11.8 Å². The number of fused-ring (bicyclic) bond motifs is 1. The first kappa shape index (κ1) is 14.3. The molecule has 2 aromatic rings. The molecule has 0 aromatic heterocycles. The molecule has 0 bridgehead atoms. The fourth-order valence-electron chi connectivity index (χ4n) is 2.64. The van der Waals surface area contributed by atoms with E-state index in [1.165, 1.54) is 30.0 Å². The molecule has 1 aliphatic rings. The van der Waals surface area contributed by atoms with Gasteiger partial charge in [0.05, 0.1) is 6.61 Å². The third kappa shape index (κ3) is 3.00. The number of benzene rings is 2. The number of rotatable bonds is 4. The second-order valence-electron chi connectivity index (χ2n) is 5.14. The SMILES string of the molecule is CCOc1cc(Sc2ccc3c(c2)CCC3)c(N)cc1F. The van der Waals surface area contributed by atoms with E-state index < -0.39 is 5.82 Å². The monoisotopic (exact) mass is 303 g/mol. The van der Waals surface area contributed by atoms with E-state index in [0.29, 0.717) is 12.3 Å². The Labute approximate surface area is 128 Å². The normalized spacial score (nSPS) is 13.2. The van der Waals surface area contributed by atoms with Crippen molar-refractivity contribution in [3.05, 3.63) is 47.3 Å². The zero-order valence-electron chi connectivity index (χ0n) is 12.0. The fourth-order valence-corrected chi connectivity index (χ4v) is 3.58. The summed E-state index contributed by atoms with van der Waals surface area (Å²) < 4.78 is 19.0. The standard InChI is InChI=1S/C17H18FNOS/c1-2-20-16-10-17(15(19)9-14(16)18)21-13-7-6-11-4-3-5-12(11)8-13/h6-10H,2-5,19H2,1H3. The molecule has 0 radical (unpaired) electrons. The van der Waals surface area contributed by atoms with Crippen molar-refractivity contribution in [3.8, 4) is 5.75 Å². The quantitative estimate of drug-likeness (QED) is 0.848. The van der Waals surface area contributed by atoms with Crippen LogP contribution in [0.4, 0.5) is 10.1 Å². The molecule has 110 valence electrons. The zero-order chi connectivity index (χ0) is 14.8. The van der Waals surface area contributed by atoms with E-state index in [0.717, 1.165) is 16.2 Å². The molecule has 0 saturated carbocycles. The lowest BCUT2D eigenvalue weighted by Crippen LogP contribution is -1.98. The van der Waals surface area contributed by atoms with E-state index in [2.05, 4.69) is 18.2 Å². The average molecular weight is 303 g/mol. The van der Waals surface area contributed by atoms with Crippen molar-refractivity contribution in [2.24, 2.45) is 0 Å². The van der Waals surface area contributed by atoms with Crippen LogP contribution < -0.4 is 10.5 Å². The van der Waals surface area contributed by atoms with Gasteiger partial charge in [-0.05, 0) is 55.5 Å². The molecule has 3 rings (SSSR count). The van der Waals surface area contributed by atoms with Crippen LogP contribution in [0.3, 0.4) is 0 Å². The largest absolute Gasteiger partial charge is 0.491 e. The molecule has 2 nitrogen and oxygen atoms in total. The van der Waals surface area contributed by atoms with Gasteiger partial charge < -0.3 is 10.5 Å². The highest BCUT2D eigenvalue weighted by molar-refractivity contribution is 7.99. The second kappa shape index (κ2) is 5.98. The number of anilines is 1. The molecule has 0 aliphatic heterocycles. The Morgan fingerprint density at radius 3 is 2.81 bits per heavy atom. The fraction of sp³-hybridized carbons (Fsp3) is 0.294. The van der Waals surface area contributed by atoms with Gasteiger partial charge in [0.15, 0.2) is 11.6 Å². The van der Waals surface area contributed by atoms with Gasteiger partial charge in [-0.25, -0.2) is 4.39 Å². The van der Waals surface area contributed by atoms with E-state index in [4.69, 9.17) is 10.5 Å². The summed E-state index contributed by atoms with van der Waals surface area (Å²) in [6, 6.07) is 9.54. The van der Waals surface area contributed by atoms with Crippen LogP contribution in [0.25, 0.3) is 0 Å². The van der Waals surface area contributed by atoms with Crippen molar-refractivity contribution in [3.63, 3.8) is 0 Å². The molecule has 21 heavy (non-hydrogen) atoms. The lowest BCUT2D eigenvalue weighted by Gasteiger charge is -2.11. The van der Waals surface area contributed by atoms with Gasteiger partial charge in [-0.3, -0.25) is 0 Å². The minimum atomic E-state index is -0.410. The Morgan fingerprint density at radius 2 is 2.00 bits per heavy atom. The smallest absolute Gasteiger partial charge is 0.167 e. The minimum Gasteiger partial charge on any atom is -0.491 e. The predicted molar refractivity (Wildman–Crippen MR) is 84.6 cm³/mol.